The van der Waals surface area contributed by atoms with Crippen LogP contribution in [0.5, 0.6) is 5.75 Å². The van der Waals surface area contributed by atoms with Crippen molar-refractivity contribution in [2.45, 2.75) is 6.42 Å². The molecule has 0 atom stereocenters. The van der Waals surface area contributed by atoms with E-state index in [1.165, 1.54) is 5.56 Å². The second kappa shape index (κ2) is 6.32. The third-order valence-corrected chi connectivity index (χ3v) is 3.42. The molecule has 0 radical (unpaired) electrons. The summed E-state index contributed by atoms with van der Waals surface area (Å²) in [7, 11) is 0. The molecule has 1 amide bonds. The Bertz CT molecular complexity index is 781. The molecule has 0 bridgehead atoms. The monoisotopic (exact) mass is 296 g/mol. The van der Waals surface area contributed by atoms with Crippen molar-refractivity contribution in [1.82, 2.24) is 4.98 Å². The molecule has 0 spiro atoms. The summed E-state index contributed by atoms with van der Waals surface area (Å²) in [5.74, 6) is 0.519. The molecular weight excluding hydrogens is 278 g/mol. The minimum atomic E-state index is -0.500. The van der Waals surface area contributed by atoms with Crippen molar-refractivity contribution in [3.05, 3.63) is 60.3 Å². The zero-order valence-corrected chi connectivity index (χ0v) is 12.1. The Hall–Kier alpha value is -2.79. The number of benzene rings is 2. The Morgan fingerprint density at radius 2 is 2.00 bits per heavy atom. The molecule has 5 nitrogen and oxygen atoms in total. The fourth-order valence-electron chi connectivity index (χ4n) is 2.39. The number of carbonyl (C=O) groups excluding carboxylic acids is 1. The van der Waals surface area contributed by atoms with Crippen molar-refractivity contribution < 1.29 is 15.3 Å². The van der Waals surface area contributed by atoms with Gasteiger partial charge in [0, 0.05) is 29.2 Å². The summed E-state index contributed by atoms with van der Waals surface area (Å²) in [5.41, 5.74) is 6.78. The summed E-state index contributed by atoms with van der Waals surface area (Å²) in [6.07, 6.45) is 2.36. The Morgan fingerprint density at radius 1 is 1.18 bits per heavy atom. The minimum Gasteiger partial charge on any atom is -0.410 e. The molecule has 0 aliphatic heterocycles. The van der Waals surface area contributed by atoms with Crippen LogP contribution in [0.4, 0.5) is 10.5 Å². The van der Waals surface area contributed by atoms with Crippen LogP contribution in [-0.4, -0.2) is 17.6 Å². The molecular formula is C17H18N3O2+. The molecule has 5 N–H and O–H groups in total. The number of rotatable bonds is 4. The van der Waals surface area contributed by atoms with Crippen LogP contribution >= 0.6 is 0 Å². The highest BCUT2D eigenvalue weighted by Gasteiger charge is 2.08. The molecule has 1 heterocycles. The fourth-order valence-corrected chi connectivity index (χ4v) is 2.39. The summed E-state index contributed by atoms with van der Waals surface area (Å²) < 4.78 is 5.35. The fraction of sp³-hybridized carbons (Fsp3) is 0.118. The van der Waals surface area contributed by atoms with Gasteiger partial charge in [-0.15, -0.1) is 0 Å². The molecule has 2 aromatic carbocycles. The lowest BCUT2D eigenvalue weighted by molar-refractivity contribution is -0.366. The maximum atomic E-state index is 11.9. The van der Waals surface area contributed by atoms with Crippen LogP contribution in [0.3, 0.4) is 0 Å². The van der Waals surface area contributed by atoms with E-state index < -0.39 is 6.09 Å². The van der Waals surface area contributed by atoms with Crippen LogP contribution in [0.25, 0.3) is 10.9 Å². The van der Waals surface area contributed by atoms with E-state index in [1.807, 2.05) is 48.7 Å². The normalized spacial score (nSPS) is 10.6. The molecule has 3 aromatic rings. The van der Waals surface area contributed by atoms with E-state index >= 15 is 0 Å². The standard InChI is InChI=1S/C17H17N3O2/c18-9-8-12-11-19-16-7-6-14(10-15(12)16)22-17(21)20-13-4-2-1-3-5-13/h1-7,10-11,19H,8-9,18H2,(H,20,21)/p+1. The van der Waals surface area contributed by atoms with E-state index in [-0.39, 0.29) is 0 Å². The third kappa shape index (κ3) is 3.10. The number of hydrogen-bond donors (Lipinski definition) is 3. The van der Waals surface area contributed by atoms with Gasteiger partial charge in [0.1, 0.15) is 5.75 Å². The first-order valence-electron chi connectivity index (χ1n) is 7.19. The molecule has 112 valence electrons. The molecule has 0 aliphatic rings. The number of para-hydroxylation sites is 1. The topological polar surface area (TPSA) is 81.8 Å². The number of amides is 1. The summed E-state index contributed by atoms with van der Waals surface area (Å²) >= 11 is 0. The van der Waals surface area contributed by atoms with E-state index in [0.29, 0.717) is 11.4 Å². The van der Waals surface area contributed by atoms with Crippen LogP contribution in [0.2, 0.25) is 0 Å². The smallest absolute Gasteiger partial charge is 0.410 e. The van der Waals surface area contributed by atoms with Crippen molar-refractivity contribution in [2.75, 3.05) is 11.9 Å². The Morgan fingerprint density at radius 3 is 2.77 bits per heavy atom. The quantitative estimate of drug-likeness (QED) is 0.691. The number of aromatic amines is 1. The Labute approximate surface area is 128 Å². The molecule has 0 fully saturated rings. The van der Waals surface area contributed by atoms with Gasteiger partial charge >= 0.3 is 6.09 Å². The number of ether oxygens (including phenoxy) is 1. The molecule has 3 rings (SSSR count). The number of aromatic nitrogens is 1. The molecule has 1 aromatic heterocycles. The maximum absolute atomic E-state index is 11.9. The number of anilines is 1. The van der Waals surface area contributed by atoms with Crippen LogP contribution in [-0.2, 0) is 6.42 Å². The number of carbonyl (C=O) groups is 1. The number of H-pyrrole nitrogens is 1. The van der Waals surface area contributed by atoms with Crippen molar-refractivity contribution >= 4 is 22.7 Å². The average molecular weight is 296 g/mol. The van der Waals surface area contributed by atoms with Gasteiger partial charge in [0.2, 0.25) is 0 Å². The first kappa shape index (κ1) is 14.2. The Kier molecular flexibility index (Phi) is 4.07. The lowest BCUT2D eigenvalue weighted by Gasteiger charge is -2.07. The Balaban J connectivity index is 1.75. The van der Waals surface area contributed by atoms with Crippen LogP contribution in [0.1, 0.15) is 5.56 Å². The summed E-state index contributed by atoms with van der Waals surface area (Å²) in [6, 6.07) is 14.8. The lowest BCUT2D eigenvalue weighted by Crippen LogP contribution is -2.51. The molecule has 0 saturated heterocycles. The zero-order valence-electron chi connectivity index (χ0n) is 12.1. The molecule has 0 saturated carbocycles. The van der Waals surface area contributed by atoms with Crippen LogP contribution in [0.15, 0.2) is 54.7 Å². The van der Waals surface area contributed by atoms with Gasteiger partial charge in [0.25, 0.3) is 0 Å². The van der Waals surface area contributed by atoms with Gasteiger partial charge in [-0.05, 0) is 35.9 Å². The van der Waals surface area contributed by atoms with Gasteiger partial charge < -0.3 is 15.5 Å². The van der Waals surface area contributed by atoms with Crippen molar-refractivity contribution in [2.24, 2.45) is 0 Å². The lowest BCUT2D eigenvalue weighted by atomic mass is 10.1. The molecule has 22 heavy (non-hydrogen) atoms. The van der Waals surface area contributed by atoms with Gasteiger partial charge in [-0.25, -0.2) is 4.79 Å². The van der Waals surface area contributed by atoms with E-state index in [1.54, 1.807) is 6.07 Å². The molecule has 5 heteroatoms. The minimum absolute atomic E-state index is 0.500. The predicted octanol–water partition coefficient (Wildman–Crippen LogP) is 2.56. The van der Waals surface area contributed by atoms with E-state index in [4.69, 9.17) is 4.74 Å². The second-order valence-corrected chi connectivity index (χ2v) is 5.01. The van der Waals surface area contributed by atoms with Gasteiger partial charge in [-0.2, -0.15) is 0 Å². The number of fused-ring (bicyclic) bond motifs is 1. The number of quaternary nitrogens is 1. The third-order valence-electron chi connectivity index (χ3n) is 3.42. The van der Waals surface area contributed by atoms with Crippen LogP contribution < -0.4 is 15.8 Å². The van der Waals surface area contributed by atoms with Crippen molar-refractivity contribution in [1.29, 1.82) is 0 Å². The van der Waals surface area contributed by atoms with E-state index in [2.05, 4.69) is 16.0 Å². The summed E-state index contributed by atoms with van der Waals surface area (Å²) in [5, 5.41) is 3.76. The molecule has 0 unspecified atom stereocenters. The average Bonchev–Trinajstić information content (AvgIpc) is 2.91. The first-order valence-corrected chi connectivity index (χ1v) is 7.19. The number of hydrogen-bond acceptors (Lipinski definition) is 2. The SMILES string of the molecule is [NH3+]CCc1c[nH]c2ccc(OC(=O)Nc3ccccc3)cc12. The maximum Gasteiger partial charge on any atom is 0.417 e. The van der Waals surface area contributed by atoms with Gasteiger partial charge in [-0.1, -0.05) is 18.2 Å². The zero-order chi connectivity index (χ0) is 15.4. The summed E-state index contributed by atoms with van der Waals surface area (Å²) in [6.45, 7) is 0.826. The van der Waals surface area contributed by atoms with Crippen LogP contribution in [0, 0.1) is 0 Å². The highest BCUT2D eigenvalue weighted by atomic mass is 16.6. The molecule has 0 aliphatic carbocycles. The van der Waals surface area contributed by atoms with Gasteiger partial charge in [0.15, 0.2) is 0 Å². The summed E-state index contributed by atoms with van der Waals surface area (Å²) in [4.78, 5) is 15.1. The highest BCUT2D eigenvalue weighted by molar-refractivity contribution is 5.88. The van der Waals surface area contributed by atoms with Crippen molar-refractivity contribution in [3.63, 3.8) is 0 Å². The first-order chi connectivity index (χ1) is 10.8. The predicted molar refractivity (Wildman–Crippen MR) is 85.8 cm³/mol. The van der Waals surface area contributed by atoms with Crippen molar-refractivity contribution in [3.8, 4) is 5.75 Å². The number of nitrogens with one attached hydrogen (secondary N) is 2. The highest BCUT2D eigenvalue weighted by Crippen LogP contribution is 2.24. The van der Waals surface area contributed by atoms with Gasteiger partial charge in [-0.3, -0.25) is 5.32 Å². The van der Waals surface area contributed by atoms with Gasteiger partial charge in [0.05, 0.1) is 6.54 Å². The largest absolute Gasteiger partial charge is 0.417 e. The second-order valence-electron chi connectivity index (χ2n) is 5.01. The van der Waals surface area contributed by atoms with E-state index in [9.17, 15) is 4.79 Å². The van der Waals surface area contributed by atoms with E-state index in [0.717, 1.165) is 23.9 Å².